The van der Waals surface area contributed by atoms with Crippen molar-refractivity contribution >= 4 is 5.69 Å². The molecule has 0 amide bonds. The van der Waals surface area contributed by atoms with Crippen LogP contribution in [-0.4, -0.2) is 17.1 Å². The van der Waals surface area contributed by atoms with Crippen LogP contribution in [0, 0.1) is 13.8 Å². The average Bonchev–Trinajstić information content (AvgIpc) is 2.39. The molecule has 0 aliphatic carbocycles. The third-order valence-electron chi connectivity index (χ3n) is 3.11. The number of methoxy groups -OCH3 is 1. The summed E-state index contributed by atoms with van der Waals surface area (Å²) in [7, 11) is 1.68. The van der Waals surface area contributed by atoms with Crippen molar-refractivity contribution in [2.24, 2.45) is 0 Å². The van der Waals surface area contributed by atoms with E-state index in [1.54, 1.807) is 19.5 Å². The lowest BCUT2D eigenvalue weighted by Gasteiger charge is -2.17. The van der Waals surface area contributed by atoms with Gasteiger partial charge in [-0.05, 0) is 44.5 Å². The van der Waals surface area contributed by atoms with Crippen LogP contribution < -0.4 is 10.1 Å². The highest BCUT2D eigenvalue weighted by atomic mass is 16.5. The highest BCUT2D eigenvalue weighted by Crippen LogP contribution is 2.24. The van der Waals surface area contributed by atoms with Gasteiger partial charge in [0.15, 0.2) is 0 Å². The van der Waals surface area contributed by atoms with Crippen molar-refractivity contribution in [3.8, 4) is 5.75 Å². The molecule has 1 aromatic heterocycles. The first-order valence-electron chi connectivity index (χ1n) is 6.30. The largest absolute Gasteiger partial charge is 0.496 e. The van der Waals surface area contributed by atoms with Crippen LogP contribution in [0.2, 0.25) is 0 Å². The fourth-order valence-corrected chi connectivity index (χ4v) is 2.13. The first-order chi connectivity index (χ1) is 9.11. The van der Waals surface area contributed by atoms with Crippen LogP contribution in [0.4, 0.5) is 5.69 Å². The van der Waals surface area contributed by atoms with Gasteiger partial charge in [-0.3, -0.25) is 9.97 Å². The van der Waals surface area contributed by atoms with E-state index >= 15 is 0 Å². The molecule has 0 bridgehead atoms. The number of nitrogens with zero attached hydrogens (tertiary/aromatic N) is 2. The van der Waals surface area contributed by atoms with E-state index in [9.17, 15) is 0 Å². The second kappa shape index (κ2) is 5.69. The van der Waals surface area contributed by atoms with Crippen LogP contribution in [0.1, 0.15) is 29.9 Å². The molecular weight excluding hydrogens is 238 g/mol. The van der Waals surface area contributed by atoms with Gasteiger partial charge in [0, 0.05) is 18.1 Å². The fraction of sp³-hybridized carbons (Fsp3) is 0.333. The van der Waals surface area contributed by atoms with Gasteiger partial charge in [-0.2, -0.15) is 0 Å². The third kappa shape index (κ3) is 3.02. The summed E-state index contributed by atoms with van der Waals surface area (Å²) in [4.78, 5) is 8.65. The minimum Gasteiger partial charge on any atom is -0.496 e. The number of ether oxygens (including phenoxy) is 1. The Kier molecular flexibility index (Phi) is 4.00. The lowest BCUT2D eigenvalue weighted by Crippen LogP contribution is -2.11. The van der Waals surface area contributed by atoms with Gasteiger partial charge in [0.2, 0.25) is 0 Å². The normalized spacial score (nSPS) is 12.0. The fourth-order valence-electron chi connectivity index (χ4n) is 2.13. The molecule has 0 aliphatic rings. The van der Waals surface area contributed by atoms with Crippen LogP contribution in [0.25, 0.3) is 0 Å². The monoisotopic (exact) mass is 257 g/mol. The predicted octanol–water partition coefficient (Wildman–Crippen LogP) is 3.28. The van der Waals surface area contributed by atoms with Gasteiger partial charge in [0.05, 0.1) is 24.5 Å². The van der Waals surface area contributed by atoms with Gasteiger partial charge in [0.1, 0.15) is 5.75 Å². The lowest BCUT2D eigenvalue weighted by atomic mass is 10.1. The van der Waals surface area contributed by atoms with E-state index in [0.29, 0.717) is 0 Å². The van der Waals surface area contributed by atoms with Crippen molar-refractivity contribution in [3.05, 3.63) is 47.5 Å². The topological polar surface area (TPSA) is 47.0 Å². The minimum absolute atomic E-state index is 0.112. The van der Waals surface area contributed by atoms with E-state index in [2.05, 4.69) is 28.3 Å². The number of aromatic nitrogens is 2. The Hall–Kier alpha value is -2.10. The summed E-state index contributed by atoms with van der Waals surface area (Å²) >= 11 is 0. The zero-order chi connectivity index (χ0) is 13.8. The van der Waals surface area contributed by atoms with E-state index in [4.69, 9.17) is 4.74 Å². The highest BCUT2D eigenvalue weighted by Gasteiger charge is 2.10. The molecule has 19 heavy (non-hydrogen) atoms. The molecule has 1 heterocycles. The Labute approximate surface area is 113 Å². The van der Waals surface area contributed by atoms with Crippen LogP contribution >= 0.6 is 0 Å². The molecule has 0 radical (unpaired) electrons. The van der Waals surface area contributed by atoms with Crippen molar-refractivity contribution in [1.29, 1.82) is 0 Å². The van der Waals surface area contributed by atoms with E-state index in [1.165, 1.54) is 0 Å². The predicted molar refractivity (Wildman–Crippen MR) is 76.5 cm³/mol. The SMILES string of the molecule is COc1ccc(NC(C)c2nccnc2C)cc1C. The Morgan fingerprint density at radius 1 is 1.16 bits per heavy atom. The average molecular weight is 257 g/mol. The Balaban J connectivity index is 2.17. The first-order valence-corrected chi connectivity index (χ1v) is 6.30. The van der Waals surface area contributed by atoms with Crippen LogP contribution in [0.15, 0.2) is 30.6 Å². The van der Waals surface area contributed by atoms with Gasteiger partial charge < -0.3 is 10.1 Å². The maximum atomic E-state index is 5.26. The Morgan fingerprint density at radius 2 is 1.89 bits per heavy atom. The summed E-state index contributed by atoms with van der Waals surface area (Å²) in [5, 5.41) is 3.43. The highest BCUT2D eigenvalue weighted by molar-refractivity contribution is 5.51. The molecule has 0 spiro atoms. The van der Waals surface area contributed by atoms with Crippen molar-refractivity contribution in [2.45, 2.75) is 26.8 Å². The third-order valence-corrected chi connectivity index (χ3v) is 3.11. The number of anilines is 1. The number of hydrogen-bond donors (Lipinski definition) is 1. The van der Waals surface area contributed by atoms with Gasteiger partial charge in [-0.15, -0.1) is 0 Å². The van der Waals surface area contributed by atoms with Crippen molar-refractivity contribution in [2.75, 3.05) is 12.4 Å². The maximum absolute atomic E-state index is 5.26. The first kappa shape index (κ1) is 13.3. The van der Waals surface area contributed by atoms with Gasteiger partial charge >= 0.3 is 0 Å². The smallest absolute Gasteiger partial charge is 0.121 e. The molecule has 0 fully saturated rings. The summed E-state index contributed by atoms with van der Waals surface area (Å²) in [5.74, 6) is 0.897. The molecule has 0 aliphatic heterocycles. The number of nitrogens with one attached hydrogen (secondary N) is 1. The molecule has 4 nitrogen and oxygen atoms in total. The van der Waals surface area contributed by atoms with Crippen LogP contribution in [-0.2, 0) is 0 Å². The summed E-state index contributed by atoms with van der Waals surface area (Å²) in [5.41, 5.74) is 4.08. The van der Waals surface area contributed by atoms with Crippen molar-refractivity contribution in [3.63, 3.8) is 0 Å². The number of hydrogen-bond acceptors (Lipinski definition) is 4. The summed E-state index contributed by atoms with van der Waals surface area (Å²) in [6.45, 7) is 6.08. The molecule has 2 rings (SSSR count). The number of rotatable bonds is 4. The molecule has 1 N–H and O–H groups in total. The maximum Gasteiger partial charge on any atom is 0.121 e. The zero-order valence-electron chi connectivity index (χ0n) is 11.8. The van der Waals surface area contributed by atoms with Crippen LogP contribution in [0.3, 0.4) is 0 Å². The number of aryl methyl sites for hydroxylation is 2. The van der Waals surface area contributed by atoms with Crippen LogP contribution in [0.5, 0.6) is 5.75 Å². The van der Waals surface area contributed by atoms with E-state index in [1.807, 2.05) is 26.0 Å². The second-order valence-electron chi connectivity index (χ2n) is 4.58. The van der Waals surface area contributed by atoms with E-state index < -0.39 is 0 Å². The summed E-state index contributed by atoms with van der Waals surface area (Å²) < 4.78 is 5.26. The second-order valence-corrected chi connectivity index (χ2v) is 4.58. The molecule has 2 aromatic rings. The lowest BCUT2D eigenvalue weighted by molar-refractivity contribution is 0.412. The van der Waals surface area contributed by atoms with E-state index in [0.717, 1.165) is 28.4 Å². The minimum atomic E-state index is 0.112. The quantitative estimate of drug-likeness (QED) is 0.913. The van der Waals surface area contributed by atoms with Gasteiger partial charge in [-0.1, -0.05) is 0 Å². The Bertz CT molecular complexity index is 569. The number of benzene rings is 1. The Morgan fingerprint density at radius 3 is 2.53 bits per heavy atom. The molecule has 4 heteroatoms. The zero-order valence-corrected chi connectivity index (χ0v) is 11.8. The molecule has 1 unspecified atom stereocenters. The molecule has 0 saturated heterocycles. The molecule has 1 atom stereocenters. The summed E-state index contributed by atoms with van der Waals surface area (Å²) in [6.07, 6.45) is 3.43. The van der Waals surface area contributed by atoms with E-state index in [-0.39, 0.29) is 6.04 Å². The molecule has 100 valence electrons. The molecule has 1 aromatic carbocycles. The summed E-state index contributed by atoms with van der Waals surface area (Å²) in [6, 6.07) is 6.16. The molecular formula is C15H19N3O. The molecule has 0 saturated carbocycles. The van der Waals surface area contributed by atoms with Gasteiger partial charge in [-0.25, -0.2) is 0 Å². The van der Waals surface area contributed by atoms with Crippen molar-refractivity contribution < 1.29 is 4.74 Å². The standard InChI is InChI=1S/C15H19N3O/c1-10-9-13(5-6-14(10)19-4)18-12(3)15-11(2)16-7-8-17-15/h5-9,12,18H,1-4H3. The van der Waals surface area contributed by atoms with Crippen molar-refractivity contribution in [1.82, 2.24) is 9.97 Å². The van der Waals surface area contributed by atoms with Gasteiger partial charge in [0.25, 0.3) is 0 Å².